The first kappa shape index (κ1) is 24.1. The van der Waals surface area contributed by atoms with Crippen LogP contribution in [0.1, 0.15) is 64.7 Å². The van der Waals surface area contributed by atoms with Gasteiger partial charge in [0.25, 0.3) is 0 Å². The number of ether oxygens (including phenoxy) is 1. The second-order valence-corrected chi connectivity index (χ2v) is 14.0. The minimum atomic E-state index is -0.683. The molecule has 172 valence electrons. The van der Waals surface area contributed by atoms with Crippen LogP contribution in [0.15, 0.2) is 22.9 Å². The summed E-state index contributed by atoms with van der Waals surface area (Å²) in [5, 5.41) is 7.90. The van der Waals surface area contributed by atoms with Gasteiger partial charge in [-0.1, -0.05) is 0 Å². The van der Waals surface area contributed by atoms with Crippen LogP contribution in [0.3, 0.4) is 0 Å². The summed E-state index contributed by atoms with van der Waals surface area (Å²) < 4.78 is 11.0. The van der Waals surface area contributed by atoms with Gasteiger partial charge in [-0.3, -0.25) is 0 Å². The van der Waals surface area contributed by atoms with E-state index in [4.69, 9.17) is 10.5 Å². The Balaban J connectivity index is 1.83. The molecule has 10 heteroatoms. The molecule has 0 bridgehead atoms. The van der Waals surface area contributed by atoms with Crippen LogP contribution in [0.2, 0.25) is 0 Å². The van der Waals surface area contributed by atoms with Crippen LogP contribution in [0.5, 0.6) is 0 Å². The van der Waals surface area contributed by atoms with Gasteiger partial charge < -0.3 is 0 Å². The fourth-order valence-electron chi connectivity index (χ4n) is 3.86. The third kappa shape index (κ3) is 4.94. The van der Waals surface area contributed by atoms with Crippen molar-refractivity contribution in [3.05, 3.63) is 28.5 Å². The third-order valence-electron chi connectivity index (χ3n) is 6.04. The first-order valence-electron chi connectivity index (χ1n) is 10.1. The van der Waals surface area contributed by atoms with Crippen molar-refractivity contribution in [2.24, 2.45) is 11.1 Å². The van der Waals surface area contributed by atoms with Crippen LogP contribution in [0, 0.1) is 5.41 Å². The van der Waals surface area contributed by atoms with Gasteiger partial charge in [0.15, 0.2) is 0 Å². The molecule has 4 N–H and O–H groups in total. The fraction of sp³-hybridized carbons (Fsp3) is 0.571. The van der Waals surface area contributed by atoms with Crippen LogP contribution >= 0.6 is 15.9 Å². The summed E-state index contributed by atoms with van der Waals surface area (Å²) in [4.78, 5) is 24.3. The number of nitrogens with zero attached hydrogens (tertiary/aromatic N) is 2. The second kappa shape index (κ2) is 8.42. The molecule has 2 aromatic heterocycles. The van der Waals surface area contributed by atoms with E-state index in [0.717, 1.165) is 22.8 Å². The van der Waals surface area contributed by atoms with Gasteiger partial charge in [-0.25, -0.2) is 0 Å². The van der Waals surface area contributed by atoms with Crippen molar-refractivity contribution >= 4 is 39.1 Å². The van der Waals surface area contributed by atoms with Crippen LogP contribution in [0.4, 0.5) is 10.5 Å². The molecule has 1 fully saturated rings. The molecule has 1 saturated carbocycles. The maximum atomic E-state index is 12.2. The van der Waals surface area contributed by atoms with Crippen molar-refractivity contribution in [1.82, 2.24) is 13.1 Å². The normalized spacial score (nSPS) is 23.1. The molecule has 0 aromatic carbocycles. The molecular formula is C21H30BrIN5O3-. The van der Waals surface area contributed by atoms with Crippen molar-refractivity contribution in [3.8, 4) is 0 Å². The topological polar surface area (TPSA) is 111 Å². The van der Waals surface area contributed by atoms with Gasteiger partial charge in [0.05, 0.1) is 0 Å². The number of nitrogens with two attached hydrogens (primary N) is 1. The molecule has 2 aromatic rings. The molecule has 1 aliphatic carbocycles. The summed E-state index contributed by atoms with van der Waals surface area (Å²) in [5.41, 5.74) is 6.82. The van der Waals surface area contributed by atoms with Crippen molar-refractivity contribution < 1.29 is 35.8 Å². The van der Waals surface area contributed by atoms with E-state index in [1.54, 1.807) is 4.52 Å². The molecule has 2 heterocycles. The van der Waals surface area contributed by atoms with Gasteiger partial charge in [0.2, 0.25) is 0 Å². The molecule has 31 heavy (non-hydrogen) atoms. The van der Waals surface area contributed by atoms with Gasteiger partial charge in [-0.2, -0.15) is 0 Å². The summed E-state index contributed by atoms with van der Waals surface area (Å²) in [6.07, 6.45) is 4.85. The molecule has 0 radical (unpaired) electrons. The number of rotatable bonds is 5. The number of fused-ring (bicyclic) bond motifs is 1. The van der Waals surface area contributed by atoms with Crippen LogP contribution < -0.4 is 36.1 Å². The van der Waals surface area contributed by atoms with E-state index >= 15 is 0 Å². The van der Waals surface area contributed by atoms with Crippen molar-refractivity contribution in [3.63, 3.8) is 0 Å². The number of halogens is 2. The van der Waals surface area contributed by atoms with E-state index in [2.05, 4.69) is 50.6 Å². The molecule has 0 spiro atoms. The fourth-order valence-corrected chi connectivity index (χ4v) is 6.85. The predicted octanol–water partition coefficient (Wildman–Crippen LogP) is 1.08. The summed E-state index contributed by atoms with van der Waals surface area (Å²) >= 11 is 2.79. The van der Waals surface area contributed by atoms with Gasteiger partial charge >= 0.3 is 202 Å². The number of alkyl halides is 1. The van der Waals surface area contributed by atoms with Crippen LogP contribution in [-0.4, -0.2) is 36.7 Å². The zero-order valence-electron chi connectivity index (χ0n) is 18.7. The Hall–Kier alpha value is -1.56. The predicted molar refractivity (Wildman–Crippen MR) is 120 cm³/mol. The zero-order valence-corrected chi connectivity index (χ0v) is 22.4. The molecule has 0 unspecified atom stereocenters. The average Bonchev–Trinajstić information content (AvgIpc) is 3.11. The molecular weight excluding hydrogens is 577 g/mol. The van der Waals surface area contributed by atoms with Crippen LogP contribution in [0.25, 0.3) is 5.52 Å². The van der Waals surface area contributed by atoms with E-state index in [1.807, 2.05) is 33.0 Å². The van der Waals surface area contributed by atoms with Gasteiger partial charge in [0, 0.05) is 0 Å². The number of hydrogen-bond donors (Lipinski definition) is 3. The summed E-state index contributed by atoms with van der Waals surface area (Å²) in [7, 11) is 0. The Morgan fingerprint density at radius 2 is 2.03 bits per heavy atom. The quantitative estimate of drug-likeness (QED) is 0.268. The standard InChI is InChI=1S/C21H30BrIN5O3/c1-19(2,3)31-18(30)27-23-21(6)8-7-15(20(21,4)5)26-16-13(17(24)29)10-25-28-11-12(22)9-14(16)28/h9-11,15,26H,7-8H2,1-6H3,(H2,24,29)(H,27,30)/q-1/t15-,21+/m1/s1. The molecule has 2 amide bonds. The SMILES string of the molecule is CC(C)(C)OC(=O)N[I-][C@@]1(C)CC[C@@H](Nc2c(C(N)=O)cnn3cc(Br)cc23)C1(C)C. The number of carbonyl (C=O) groups excluding carboxylic acids is 2. The van der Waals surface area contributed by atoms with Crippen LogP contribution in [-0.2, 0) is 4.74 Å². The number of amides is 2. The number of anilines is 1. The first-order valence-corrected chi connectivity index (χ1v) is 13.1. The molecule has 0 aliphatic heterocycles. The molecule has 8 nitrogen and oxygen atoms in total. The average molecular weight is 607 g/mol. The van der Waals surface area contributed by atoms with Crippen molar-refractivity contribution in [2.75, 3.05) is 5.32 Å². The molecule has 3 rings (SSSR count). The van der Waals surface area contributed by atoms with E-state index in [9.17, 15) is 9.59 Å². The maximum absolute atomic E-state index is 12.2. The monoisotopic (exact) mass is 606 g/mol. The minimum absolute atomic E-state index is 0.0563. The second-order valence-electron chi connectivity index (χ2n) is 9.63. The Morgan fingerprint density at radius 1 is 1.35 bits per heavy atom. The number of hydrogen-bond acceptors (Lipinski definition) is 5. The number of aromatic nitrogens is 2. The first-order chi connectivity index (χ1) is 14.2. The van der Waals surface area contributed by atoms with E-state index in [1.165, 1.54) is 6.20 Å². The summed E-state index contributed by atoms with van der Waals surface area (Å²) in [6, 6.07) is 2.01. The molecule has 0 saturated heterocycles. The molecule has 1 aliphatic rings. The summed E-state index contributed by atoms with van der Waals surface area (Å²) in [6.45, 7) is 12.2. The zero-order chi connectivity index (χ0) is 23.2. The van der Waals surface area contributed by atoms with Gasteiger partial charge in [-0.15, -0.1) is 0 Å². The van der Waals surface area contributed by atoms with E-state index in [-0.39, 0.29) is 21.0 Å². The van der Waals surface area contributed by atoms with Gasteiger partial charge in [-0.05, 0) is 0 Å². The Labute approximate surface area is 201 Å². The third-order valence-corrected chi connectivity index (χ3v) is 10.3. The Morgan fingerprint density at radius 3 is 2.65 bits per heavy atom. The van der Waals surface area contributed by atoms with E-state index < -0.39 is 33.0 Å². The van der Waals surface area contributed by atoms with Crippen molar-refractivity contribution in [2.45, 2.75) is 69.4 Å². The Kier molecular flexibility index (Phi) is 6.54. The number of primary amides is 1. The van der Waals surface area contributed by atoms with Crippen molar-refractivity contribution in [1.29, 1.82) is 0 Å². The number of carbonyl (C=O) groups is 2. The van der Waals surface area contributed by atoms with Gasteiger partial charge in [0.1, 0.15) is 0 Å². The Bertz CT molecular complexity index is 1020. The molecule has 2 atom stereocenters. The summed E-state index contributed by atoms with van der Waals surface area (Å²) in [5.74, 6) is -0.521. The number of nitrogens with one attached hydrogen (secondary N) is 2. The van der Waals surface area contributed by atoms with E-state index in [0.29, 0.717) is 11.3 Å².